The van der Waals surface area contributed by atoms with Crippen LogP contribution in [0.25, 0.3) is 0 Å². The van der Waals surface area contributed by atoms with Crippen molar-refractivity contribution in [3.63, 3.8) is 0 Å². The summed E-state index contributed by atoms with van der Waals surface area (Å²) in [5.74, 6) is 0.197. The largest absolute Gasteiger partial charge is 0.484 e. The number of nitrogens with zero attached hydrogens (tertiary/aromatic N) is 3. The topological polar surface area (TPSA) is 70.2 Å². The van der Waals surface area contributed by atoms with E-state index in [1.165, 1.54) is 36.4 Å². The molecule has 0 saturated heterocycles. The van der Waals surface area contributed by atoms with E-state index in [0.29, 0.717) is 17.9 Å². The number of hydrogen-bond acceptors (Lipinski definition) is 6. The third kappa shape index (κ3) is 5.67. The third-order valence-electron chi connectivity index (χ3n) is 5.08. The maximum Gasteiger partial charge on any atom is 0.277 e. The van der Waals surface area contributed by atoms with Crippen LogP contribution >= 0.6 is 11.8 Å². The minimum absolute atomic E-state index is 0.0394. The maximum atomic E-state index is 13.2. The lowest BCUT2D eigenvalue weighted by Gasteiger charge is -2.10. The van der Waals surface area contributed by atoms with E-state index in [1.54, 1.807) is 12.1 Å². The van der Waals surface area contributed by atoms with Gasteiger partial charge in [-0.25, -0.2) is 8.78 Å². The molecule has 0 atom stereocenters. The van der Waals surface area contributed by atoms with Gasteiger partial charge in [0.2, 0.25) is 0 Å². The summed E-state index contributed by atoms with van der Waals surface area (Å²) in [7, 11) is 0. The predicted octanol–water partition coefficient (Wildman–Crippen LogP) is 5.37. The zero-order valence-corrected chi connectivity index (χ0v) is 18.9. The molecule has 4 aromatic rings. The van der Waals surface area contributed by atoms with Crippen molar-refractivity contribution in [3.8, 4) is 5.75 Å². The molecular formula is C24H21F2N3O3S. The first-order valence-corrected chi connectivity index (χ1v) is 11.2. The highest BCUT2D eigenvalue weighted by Gasteiger charge is 2.18. The lowest BCUT2D eigenvalue weighted by molar-refractivity contribution is 0.102. The Balaban J connectivity index is 1.34. The lowest BCUT2D eigenvalue weighted by Crippen LogP contribution is -2.07. The first-order valence-electron chi connectivity index (χ1n) is 10.2. The first kappa shape index (κ1) is 22.7. The van der Waals surface area contributed by atoms with Gasteiger partial charge < -0.3 is 13.7 Å². The summed E-state index contributed by atoms with van der Waals surface area (Å²) in [5, 5.41) is 8.11. The molecule has 0 bridgehead atoms. The van der Waals surface area contributed by atoms with Crippen LogP contribution in [0.4, 0.5) is 8.78 Å². The number of hydrogen-bond donors (Lipinski definition) is 0. The van der Waals surface area contributed by atoms with Crippen LogP contribution in [0.5, 0.6) is 5.75 Å². The predicted molar refractivity (Wildman–Crippen MR) is 119 cm³/mol. The van der Waals surface area contributed by atoms with Gasteiger partial charge in [0.15, 0.2) is 12.4 Å². The highest BCUT2D eigenvalue weighted by molar-refractivity contribution is 7.99. The molecule has 2 aromatic heterocycles. The molecule has 0 spiro atoms. The first-order chi connectivity index (χ1) is 15.9. The number of aromatic nitrogens is 3. The average molecular weight is 470 g/mol. The third-order valence-corrected chi connectivity index (χ3v) is 5.90. The minimum atomic E-state index is -0.347. The van der Waals surface area contributed by atoms with Gasteiger partial charge in [0.25, 0.3) is 11.1 Å². The van der Waals surface area contributed by atoms with Crippen molar-refractivity contribution in [3.05, 3.63) is 94.6 Å². The fourth-order valence-corrected chi connectivity index (χ4v) is 4.00. The summed E-state index contributed by atoms with van der Waals surface area (Å²) in [6.45, 7) is 4.43. The van der Waals surface area contributed by atoms with Crippen LogP contribution < -0.4 is 4.74 Å². The van der Waals surface area contributed by atoms with Crippen LogP contribution in [0.2, 0.25) is 0 Å². The summed E-state index contributed by atoms with van der Waals surface area (Å²) in [6.07, 6.45) is 0. The van der Waals surface area contributed by atoms with Gasteiger partial charge in [0.05, 0.1) is 5.75 Å². The normalized spacial score (nSPS) is 11.0. The van der Waals surface area contributed by atoms with Crippen molar-refractivity contribution in [1.82, 2.24) is 14.8 Å². The molecule has 0 saturated carbocycles. The second-order valence-electron chi connectivity index (χ2n) is 7.41. The Morgan fingerprint density at radius 1 is 1.03 bits per heavy atom. The van der Waals surface area contributed by atoms with Gasteiger partial charge in [-0.05, 0) is 61.9 Å². The zero-order valence-electron chi connectivity index (χ0n) is 18.0. The average Bonchev–Trinajstić information content (AvgIpc) is 3.38. The van der Waals surface area contributed by atoms with E-state index >= 15 is 0 Å². The van der Waals surface area contributed by atoms with Crippen LogP contribution in [0.15, 0.2) is 64.2 Å². The quantitative estimate of drug-likeness (QED) is 0.243. The van der Waals surface area contributed by atoms with Gasteiger partial charge in [-0.3, -0.25) is 4.79 Å². The molecule has 0 aliphatic heterocycles. The molecule has 2 aromatic carbocycles. The molecule has 0 aliphatic carbocycles. The minimum Gasteiger partial charge on any atom is -0.484 e. The number of halogens is 2. The Morgan fingerprint density at radius 3 is 2.39 bits per heavy atom. The van der Waals surface area contributed by atoms with Crippen LogP contribution in [0.1, 0.15) is 33.2 Å². The Kier molecular flexibility index (Phi) is 6.88. The molecule has 0 radical (unpaired) electrons. The fraction of sp³-hybridized carbons (Fsp3) is 0.208. The van der Waals surface area contributed by atoms with Crippen LogP contribution in [0.3, 0.4) is 0 Å². The number of Topliss-reactive ketones (excluding diaryl/α,β-unsaturated/α-hetero) is 1. The zero-order chi connectivity index (χ0) is 23.4. The number of rotatable bonds is 9. The van der Waals surface area contributed by atoms with Crippen molar-refractivity contribution in [2.75, 3.05) is 5.75 Å². The highest BCUT2D eigenvalue weighted by atomic mass is 32.2. The summed E-state index contributed by atoms with van der Waals surface area (Å²) < 4.78 is 39.1. The van der Waals surface area contributed by atoms with Gasteiger partial charge in [-0.15, -0.1) is 10.2 Å². The van der Waals surface area contributed by atoms with Gasteiger partial charge in [0, 0.05) is 23.5 Å². The second kappa shape index (κ2) is 9.99. The van der Waals surface area contributed by atoms with E-state index in [0.717, 1.165) is 28.7 Å². The molecule has 0 fully saturated rings. The summed E-state index contributed by atoms with van der Waals surface area (Å²) in [6, 6.07) is 13.8. The number of ketones is 1. The molecule has 170 valence electrons. The monoisotopic (exact) mass is 469 g/mol. The Labute approximate surface area is 193 Å². The van der Waals surface area contributed by atoms with Crippen molar-refractivity contribution in [2.24, 2.45) is 0 Å². The summed E-state index contributed by atoms with van der Waals surface area (Å²) >= 11 is 1.15. The van der Waals surface area contributed by atoms with E-state index in [-0.39, 0.29) is 40.9 Å². The SMILES string of the molecule is Cc1cc(C(=O)CSc2nnc(COc3ccc(F)cc3)o2)c(C)n1Cc1ccc(F)cc1. The standard InChI is InChI=1S/C24H21F2N3O3S/c1-15-11-21(16(2)29(15)12-17-3-5-18(25)6-4-17)22(30)14-33-24-28-27-23(32-24)13-31-20-9-7-19(26)8-10-20/h3-11H,12-14H2,1-2H3. The fourth-order valence-electron chi connectivity index (χ4n) is 3.33. The number of benzene rings is 2. The summed E-state index contributed by atoms with van der Waals surface area (Å²) in [5.41, 5.74) is 3.37. The van der Waals surface area contributed by atoms with Gasteiger partial charge in [-0.2, -0.15) is 0 Å². The van der Waals surface area contributed by atoms with Crippen LogP contribution in [-0.2, 0) is 13.2 Å². The summed E-state index contributed by atoms with van der Waals surface area (Å²) in [4.78, 5) is 12.8. The molecule has 0 N–H and O–H groups in total. The van der Waals surface area contributed by atoms with Gasteiger partial charge in [-0.1, -0.05) is 23.9 Å². The Bertz CT molecular complexity index is 1250. The molecule has 0 aliphatic rings. The van der Waals surface area contributed by atoms with Crippen molar-refractivity contribution >= 4 is 17.5 Å². The molecule has 2 heterocycles. The van der Waals surface area contributed by atoms with Crippen molar-refractivity contribution in [1.29, 1.82) is 0 Å². The number of ether oxygens (including phenoxy) is 1. The number of thioether (sulfide) groups is 1. The van der Waals surface area contributed by atoms with E-state index in [4.69, 9.17) is 9.15 Å². The maximum absolute atomic E-state index is 13.2. The molecular weight excluding hydrogens is 448 g/mol. The van der Waals surface area contributed by atoms with E-state index in [2.05, 4.69) is 10.2 Å². The van der Waals surface area contributed by atoms with E-state index < -0.39 is 0 Å². The van der Waals surface area contributed by atoms with Gasteiger partial charge >= 0.3 is 0 Å². The number of carbonyl (C=O) groups excluding carboxylic acids is 1. The van der Waals surface area contributed by atoms with Crippen LogP contribution in [-0.4, -0.2) is 26.3 Å². The Hall–Kier alpha value is -3.46. The lowest BCUT2D eigenvalue weighted by atomic mass is 10.2. The van der Waals surface area contributed by atoms with E-state index in [9.17, 15) is 13.6 Å². The van der Waals surface area contributed by atoms with Gasteiger partial charge in [0.1, 0.15) is 17.4 Å². The molecule has 0 unspecified atom stereocenters. The highest BCUT2D eigenvalue weighted by Crippen LogP contribution is 2.23. The number of aryl methyl sites for hydroxylation is 1. The molecule has 33 heavy (non-hydrogen) atoms. The molecule has 0 amide bonds. The Morgan fingerprint density at radius 2 is 1.70 bits per heavy atom. The smallest absolute Gasteiger partial charge is 0.277 e. The molecule has 6 nitrogen and oxygen atoms in total. The van der Waals surface area contributed by atoms with Crippen molar-refractivity contribution in [2.45, 2.75) is 32.2 Å². The van der Waals surface area contributed by atoms with Crippen LogP contribution in [0, 0.1) is 25.5 Å². The molecule has 9 heteroatoms. The molecule has 4 rings (SSSR count). The van der Waals surface area contributed by atoms with Crippen molar-refractivity contribution < 1.29 is 22.7 Å². The second-order valence-corrected chi connectivity index (χ2v) is 8.34. The van der Waals surface area contributed by atoms with E-state index in [1.807, 2.05) is 24.5 Å². The number of carbonyl (C=O) groups is 1.